The van der Waals surface area contributed by atoms with Crippen molar-refractivity contribution >= 4 is 29.3 Å². The fourth-order valence-corrected chi connectivity index (χ4v) is 3.83. The van der Waals surface area contributed by atoms with Crippen molar-refractivity contribution in [1.82, 2.24) is 4.90 Å². The van der Waals surface area contributed by atoms with E-state index in [0.29, 0.717) is 11.5 Å². The number of nitrogens with zero attached hydrogens (tertiary/aromatic N) is 1. The average molecular weight is 304 g/mol. The fraction of sp³-hybridized carbons (Fsp3) is 0.500. The lowest BCUT2D eigenvalue weighted by Gasteiger charge is -2.31. The lowest BCUT2D eigenvalue weighted by atomic mass is 9.99. The van der Waals surface area contributed by atoms with E-state index < -0.39 is 0 Å². The van der Waals surface area contributed by atoms with Gasteiger partial charge in [-0.05, 0) is 43.9 Å². The molecule has 21 heavy (non-hydrogen) atoms. The molecule has 3 rings (SSSR count). The van der Waals surface area contributed by atoms with Crippen LogP contribution in [0.5, 0.6) is 0 Å². The topological polar surface area (TPSA) is 49.4 Å². The Balaban J connectivity index is 1.82. The monoisotopic (exact) mass is 304 g/mol. The summed E-state index contributed by atoms with van der Waals surface area (Å²) in [6.45, 7) is 5.73. The van der Waals surface area contributed by atoms with Gasteiger partial charge in [-0.3, -0.25) is 9.59 Å². The molecule has 5 heteroatoms. The average Bonchev–Trinajstić information content (AvgIpc) is 2.47. The maximum Gasteiger partial charge on any atom is 0.253 e. The largest absolute Gasteiger partial charge is 0.338 e. The first-order valence-corrected chi connectivity index (χ1v) is 8.33. The Labute approximate surface area is 129 Å². The molecule has 0 aliphatic carbocycles. The maximum absolute atomic E-state index is 12.6. The van der Waals surface area contributed by atoms with Gasteiger partial charge in [-0.25, -0.2) is 0 Å². The zero-order valence-electron chi connectivity index (χ0n) is 12.4. The second kappa shape index (κ2) is 5.72. The van der Waals surface area contributed by atoms with Crippen LogP contribution in [0.4, 0.5) is 5.69 Å². The van der Waals surface area contributed by atoms with E-state index in [4.69, 9.17) is 0 Å². The molecule has 0 radical (unpaired) electrons. The quantitative estimate of drug-likeness (QED) is 0.867. The zero-order valence-corrected chi connectivity index (χ0v) is 13.2. The van der Waals surface area contributed by atoms with Gasteiger partial charge in [-0.1, -0.05) is 6.92 Å². The number of fused-ring (bicyclic) bond motifs is 1. The third kappa shape index (κ3) is 2.93. The number of hydrogen-bond donors (Lipinski definition) is 1. The molecule has 2 unspecified atom stereocenters. The minimum atomic E-state index is -0.0815. The Kier molecular flexibility index (Phi) is 3.93. The van der Waals surface area contributed by atoms with Gasteiger partial charge in [0.05, 0.1) is 10.9 Å². The smallest absolute Gasteiger partial charge is 0.253 e. The van der Waals surface area contributed by atoms with Gasteiger partial charge in [0.2, 0.25) is 5.91 Å². The summed E-state index contributed by atoms with van der Waals surface area (Å²) in [5.74, 6) is 0.641. The van der Waals surface area contributed by atoms with Crippen molar-refractivity contribution in [1.29, 1.82) is 0 Å². The number of carbonyl (C=O) groups excluding carboxylic acids is 2. The molecule has 0 bridgehead atoms. The van der Waals surface area contributed by atoms with Crippen LogP contribution in [0.15, 0.2) is 23.1 Å². The van der Waals surface area contributed by atoms with E-state index in [1.807, 2.05) is 30.0 Å². The molecule has 0 aromatic heterocycles. The van der Waals surface area contributed by atoms with E-state index in [-0.39, 0.29) is 17.1 Å². The van der Waals surface area contributed by atoms with Crippen LogP contribution in [-0.4, -0.2) is 35.1 Å². The zero-order chi connectivity index (χ0) is 15.0. The number of carbonyl (C=O) groups is 2. The summed E-state index contributed by atoms with van der Waals surface area (Å²) in [5.41, 5.74) is 1.43. The highest BCUT2D eigenvalue weighted by Crippen LogP contribution is 2.36. The van der Waals surface area contributed by atoms with Crippen LogP contribution in [0.1, 0.15) is 37.0 Å². The lowest BCUT2D eigenvalue weighted by Crippen LogP contribution is -2.39. The van der Waals surface area contributed by atoms with Crippen LogP contribution in [0.3, 0.4) is 0 Å². The van der Waals surface area contributed by atoms with Crippen molar-refractivity contribution in [3.8, 4) is 0 Å². The molecule has 1 fully saturated rings. The minimum Gasteiger partial charge on any atom is -0.338 e. The van der Waals surface area contributed by atoms with Crippen molar-refractivity contribution in [3.05, 3.63) is 23.8 Å². The maximum atomic E-state index is 12.6. The van der Waals surface area contributed by atoms with Gasteiger partial charge in [-0.15, -0.1) is 11.8 Å². The Morgan fingerprint density at radius 3 is 2.95 bits per heavy atom. The number of nitrogens with one attached hydrogen (secondary N) is 1. The molecule has 0 saturated carbocycles. The summed E-state index contributed by atoms with van der Waals surface area (Å²) in [6.07, 6.45) is 2.26. The van der Waals surface area contributed by atoms with Crippen LogP contribution in [0.25, 0.3) is 0 Å². The van der Waals surface area contributed by atoms with Crippen LogP contribution >= 0.6 is 11.8 Å². The number of piperidine rings is 1. The summed E-state index contributed by atoms with van der Waals surface area (Å²) in [6, 6.07) is 5.63. The molecule has 1 N–H and O–H groups in total. The van der Waals surface area contributed by atoms with E-state index in [2.05, 4.69) is 12.2 Å². The number of benzene rings is 1. The van der Waals surface area contributed by atoms with E-state index in [1.165, 1.54) is 18.2 Å². The number of rotatable bonds is 1. The first-order chi connectivity index (χ1) is 10.0. The first-order valence-electron chi connectivity index (χ1n) is 7.45. The summed E-state index contributed by atoms with van der Waals surface area (Å²) >= 11 is 1.54. The standard InChI is InChI=1S/C16H20N2O2S/c1-10-4-3-7-18(9-10)16(20)12-5-6-14-13(8-12)17-15(19)11(2)21-14/h5-6,8,10-11H,3-4,7,9H2,1-2H3,(H,17,19). The highest BCUT2D eigenvalue weighted by molar-refractivity contribution is 8.00. The van der Waals surface area contributed by atoms with Gasteiger partial charge in [0.1, 0.15) is 0 Å². The molecule has 2 amide bonds. The van der Waals surface area contributed by atoms with E-state index in [0.717, 1.165) is 30.1 Å². The van der Waals surface area contributed by atoms with Gasteiger partial charge in [0.25, 0.3) is 5.91 Å². The second-order valence-corrected chi connectivity index (χ2v) is 7.34. The molecule has 1 saturated heterocycles. The molecule has 0 spiro atoms. The Morgan fingerprint density at radius 2 is 2.19 bits per heavy atom. The Morgan fingerprint density at radius 1 is 1.38 bits per heavy atom. The van der Waals surface area contributed by atoms with E-state index in [1.54, 1.807) is 0 Å². The molecule has 1 aromatic rings. The highest BCUT2D eigenvalue weighted by atomic mass is 32.2. The van der Waals surface area contributed by atoms with E-state index in [9.17, 15) is 9.59 Å². The molecule has 2 atom stereocenters. The van der Waals surface area contributed by atoms with Crippen LogP contribution < -0.4 is 5.32 Å². The van der Waals surface area contributed by atoms with Crippen molar-refractivity contribution < 1.29 is 9.59 Å². The highest BCUT2D eigenvalue weighted by Gasteiger charge is 2.26. The van der Waals surface area contributed by atoms with Crippen molar-refractivity contribution in [2.24, 2.45) is 5.92 Å². The van der Waals surface area contributed by atoms with Gasteiger partial charge in [-0.2, -0.15) is 0 Å². The number of thioether (sulfide) groups is 1. The summed E-state index contributed by atoms with van der Waals surface area (Å²) in [5, 5.41) is 2.80. The molecule has 112 valence electrons. The number of hydrogen-bond acceptors (Lipinski definition) is 3. The minimum absolute atomic E-state index is 0.00342. The second-order valence-electron chi connectivity index (χ2n) is 5.96. The van der Waals surface area contributed by atoms with Gasteiger partial charge in [0, 0.05) is 23.5 Å². The molecule has 1 aromatic carbocycles. The molecule has 2 heterocycles. The van der Waals surface area contributed by atoms with Crippen molar-refractivity contribution in [3.63, 3.8) is 0 Å². The van der Waals surface area contributed by atoms with E-state index >= 15 is 0 Å². The van der Waals surface area contributed by atoms with Gasteiger partial charge in [0.15, 0.2) is 0 Å². The summed E-state index contributed by atoms with van der Waals surface area (Å²) < 4.78 is 0. The van der Waals surface area contributed by atoms with Crippen molar-refractivity contribution in [2.75, 3.05) is 18.4 Å². The SMILES string of the molecule is CC1CCCN(C(=O)c2ccc3c(c2)NC(=O)C(C)S3)C1. The molecule has 4 nitrogen and oxygen atoms in total. The summed E-state index contributed by atoms with van der Waals surface area (Å²) in [7, 11) is 0. The number of anilines is 1. The summed E-state index contributed by atoms with van der Waals surface area (Å²) in [4.78, 5) is 27.3. The first kappa shape index (κ1) is 14.4. The normalized spacial score (nSPS) is 25.2. The fourth-order valence-electron chi connectivity index (χ4n) is 2.90. The lowest BCUT2D eigenvalue weighted by molar-refractivity contribution is -0.115. The molecule has 2 aliphatic heterocycles. The Hall–Kier alpha value is -1.49. The van der Waals surface area contributed by atoms with Crippen LogP contribution in [0, 0.1) is 5.92 Å². The molecule has 2 aliphatic rings. The van der Waals surface area contributed by atoms with Crippen LogP contribution in [0.2, 0.25) is 0 Å². The third-order valence-electron chi connectivity index (χ3n) is 4.10. The predicted molar refractivity (Wildman–Crippen MR) is 84.7 cm³/mol. The number of likely N-dealkylation sites (tertiary alicyclic amines) is 1. The van der Waals surface area contributed by atoms with Crippen LogP contribution in [-0.2, 0) is 4.79 Å². The molecular weight excluding hydrogens is 284 g/mol. The predicted octanol–water partition coefficient (Wildman–Crippen LogP) is 2.99. The van der Waals surface area contributed by atoms with Gasteiger partial charge >= 0.3 is 0 Å². The Bertz CT molecular complexity index is 588. The third-order valence-corrected chi connectivity index (χ3v) is 5.28. The number of amides is 2. The van der Waals surface area contributed by atoms with Gasteiger partial charge < -0.3 is 10.2 Å². The van der Waals surface area contributed by atoms with Crippen molar-refractivity contribution in [2.45, 2.75) is 36.8 Å². The molecular formula is C16H20N2O2S.